The summed E-state index contributed by atoms with van der Waals surface area (Å²) in [4.78, 5) is 9.05. The lowest BCUT2D eigenvalue weighted by Crippen LogP contribution is -2.24. The number of hydrogen-bond acceptors (Lipinski definition) is 3. The number of nitrogens with zero attached hydrogens (tertiary/aromatic N) is 2. The predicted molar refractivity (Wildman–Crippen MR) is 82.6 cm³/mol. The van der Waals surface area contributed by atoms with Crippen LogP contribution in [0.5, 0.6) is 0 Å². The minimum absolute atomic E-state index is 0.229. The van der Waals surface area contributed by atoms with Gasteiger partial charge < -0.3 is 5.32 Å². The van der Waals surface area contributed by atoms with E-state index in [-0.39, 0.29) is 11.2 Å². The number of nitrogens with one attached hydrogen (secondary N) is 1. The Hall–Kier alpha value is -1.81. The van der Waals surface area contributed by atoms with Crippen molar-refractivity contribution in [2.75, 3.05) is 6.54 Å². The molecule has 0 saturated carbocycles. The van der Waals surface area contributed by atoms with Crippen molar-refractivity contribution in [2.24, 2.45) is 0 Å². The molecule has 0 bridgehead atoms. The van der Waals surface area contributed by atoms with Gasteiger partial charge in [0.05, 0.1) is 5.69 Å². The summed E-state index contributed by atoms with van der Waals surface area (Å²) in [7, 11) is 0. The summed E-state index contributed by atoms with van der Waals surface area (Å²) < 4.78 is 13.1. The quantitative estimate of drug-likeness (QED) is 0.827. The van der Waals surface area contributed by atoms with Crippen LogP contribution in [0.1, 0.15) is 44.3 Å². The predicted octanol–water partition coefficient (Wildman–Crippen LogP) is 3.44. The molecule has 0 aliphatic rings. The summed E-state index contributed by atoms with van der Waals surface area (Å²) in [5.74, 6) is 0.526. The zero-order valence-corrected chi connectivity index (χ0v) is 12.9. The van der Waals surface area contributed by atoms with Gasteiger partial charge in [0.2, 0.25) is 0 Å². The molecule has 0 radical (unpaired) electrons. The van der Waals surface area contributed by atoms with Crippen LogP contribution in [-0.2, 0) is 12.0 Å². The first-order valence-corrected chi connectivity index (χ1v) is 7.33. The number of rotatable bonds is 6. The molecule has 0 saturated heterocycles. The summed E-state index contributed by atoms with van der Waals surface area (Å²) in [6.07, 6.45) is 2.88. The maximum Gasteiger partial charge on any atom is 0.138 e. The van der Waals surface area contributed by atoms with Crippen molar-refractivity contribution in [2.45, 2.75) is 39.2 Å². The normalized spacial score (nSPS) is 11.6. The van der Waals surface area contributed by atoms with Crippen LogP contribution in [0, 0.1) is 5.82 Å². The minimum atomic E-state index is -0.353. The molecule has 0 spiro atoms. The van der Waals surface area contributed by atoms with Crippen molar-refractivity contribution in [3.63, 3.8) is 0 Å². The average molecular weight is 287 g/mol. The van der Waals surface area contributed by atoms with Crippen LogP contribution in [0.25, 0.3) is 0 Å². The second-order valence-electron chi connectivity index (χ2n) is 5.68. The first-order chi connectivity index (χ1) is 10.0. The first-order valence-electron chi connectivity index (χ1n) is 7.33. The third kappa shape index (κ3) is 3.85. The molecule has 2 rings (SSSR count). The molecule has 1 aromatic carbocycles. The van der Waals surface area contributed by atoms with Gasteiger partial charge in [-0.05, 0) is 50.6 Å². The van der Waals surface area contributed by atoms with Crippen molar-refractivity contribution >= 4 is 0 Å². The Morgan fingerprint density at radius 3 is 2.52 bits per heavy atom. The molecule has 21 heavy (non-hydrogen) atoms. The molecule has 4 heteroatoms. The third-order valence-electron chi connectivity index (χ3n) is 3.57. The highest BCUT2D eigenvalue weighted by Gasteiger charge is 2.26. The van der Waals surface area contributed by atoms with E-state index in [1.165, 1.54) is 12.1 Å². The fraction of sp³-hybridized carbons (Fsp3) is 0.412. The number of aromatic nitrogens is 2. The van der Waals surface area contributed by atoms with E-state index in [9.17, 15) is 4.39 Å². The van der Waals surface area contributed by atoms with Gasteiger partial charge in [-0.25, -0.2) is 14.4 Å². The summed E-state index contributed by atoms with van der Waals surface area (Å²) in [6.45, 7) is 7.96. The monoisotopic (exact) mass is 287 g/mol. The van der Waals surface area contributed by atoms with Crippen LogP contribution < -0.4 is 5.32 Å². The van der Waals surface area contributed by atoms with Crippen molar-refractivity contribution in [1.82, 2.24) is 15.3 Å². The highest BCUT2D eigenvalue weighted by molar-refractivity contribution is 5.31. The zero-order chi connectivity index (χ0) is 15.3. The molecule has 2 aromatic rings. The number of benzene rings is 1. The van der Waals surface area contributed by atoms with Crippen molar-refractivity contribution in [3.8, 4) is 0 Å². The lowest BCUT2D eigenvalue weighted by Gasteiger charge is -2.24. The van der Waals surface area contributed by atoms with Gasteiger partial charge in [0.15, 0.2) is 0 Å². The lowest BCUT2D eigenvalue weighted by atomic mass is 9.83. The van der Waals surface area contributed by atoms with E-state index < -0.39 is 0 Å². The van der Waals surface area contributed by atoms with Gasteiger partial charge in [-0.1, -0.05) is 19.1 Å². The van der Waals surface area contributed by atoms with Crippen molar-refractivity contribution in [1.29, 1.82) is 0 Å². The summed E-state index contributed by atoms with van der Waals surface area (Å²) >= 11 is 0. The van der Waals surface area contributed by atoms with Crippen LogP contribution in [0.2, 0.25) is 0 Å². The first kappa shape index (κ1) is 15.6. The molecule has 1 heterocycles. The fourth-order valence-electron chi connectivity index (χ4n) is 2.18. The van der Waals surface area contributed by atoms with E-state index in [1.807, 2.05) is 6.07 Å². The standard InChI is InChI=1S/C17H22FN3/c1-4-10-19-12-15-9-11-20-16(21-15)17(2,3)13-5-7-14(18)8-6-13/h5-9,11,19H,4,10,12H2,1-3H3. The molecule has 1 N–H and O–H groups in total. The molecule has 0 amide bonds. The molecular formula is C17H22FN3. The second kappa shape index (κ2) is 6.76. The lowest BCUT2D eigenvalue weighted by molar-refractivity contribution is 0.572. The molecule has 0 aliphatic carbocycles. The topological polar surface area (TPSA) is 37.8 Å². The SMILES string of the molecule is CCCNCc1ccnc(C(C)(C)c2ccc(F)cc2)n1. The van der Waals surface area contributed by atoms with Gasteiger partial charge in [0.25, 0.3) is 0 Å². The largest absolute Gasteiger partial charge is 0.311 e. The summed E-state index contributed by atoms with van der Waals surface area (Å²) in [5.41, 5.74) is 1.63. The maximum absolute atomic E-state index is 13.1. The number of halogens is 1. The van der Waals surface area contributed by atoms with Crippen LogP contribution in [0.3, 0.4) is 0 Å². The zero-order valence-electron chi connectivity index (χ0n) is 12.9. The molecule has 0 aliphatic heterocycles. The van der Waals surface area contributed by atoms with E-state index in [2.05, 4.69) is 36.1 Å². The van der Waals surface area contributed by atoms with Crippen LogP contribution in [-0.4, -0.2) is 16.5 Å². The van der Waals surface area contributed by atoms with E-state index in [0.717, 1.165) is 36.6 Å². The van der Waals surface area contributed by atoms with Gasteiger partial charge in [-0.2, -0.15) is 0 Å². The molecule has 112 valence electrons. The fourth-order valence-corrected chi connectivity index (χ4v) is 2.18. The Kier molecular flexibility index (Phi) is 5.02. The van der Waals surface area contributed by atoms with E-state index in [4.69, 9.17) is 0 Å². The molecule has 0 atom stereocenters. The van der Waals surface area contributed by atoms with Crippen LogP contribution >= 0.6 is 0 Å². The Balaban J connectivity index is 2.23. The smallest absolute Gasteiger partial charge is 0.138 e. The highest BCUT2D eigenvalue weighted by atomic mass is 19.1. The summed E-state index contributed by atoms with van der Waals surface area (Å²) in [5, 5.41) is 3.34. The van der Waals surface area contributed by atoms with Gasteiger partial charge in [-0.15, -0.1) is 0 Å². The average Bonchev–Trinajstić information content (AvgIpc) is 2.48. The Labute approximate surface area is 125 Å². The minimum Gasteiger partial charge on any atom is -0.311 e. The van der Waals surface area contributed by atoms with Crippen LogP contribution in [0.4, 0.5) is 4.39 Å². The molecule has 3 nitrogen and oxygen atoms in total. The third-order valence-corrected chi connectivity index (χ3v) is 3.57. The number of hydrogen-bond donors (Lipinski definition) is 1. The van der Waals surface area contributed by atoms with Gasteiger partial charge in [-0.3, -0.25) is 0 Å². The molecule has 0 fully saturated rings. The van der Waals surface area contributed by atoms with E-state index >= 15 is 0 Å². The van der Waals surface area contributed by atoms with Crippen LogP contribution in [0.15, 0.2) is 36.5 Å². The van der Waals surface area contributed by atoms with Gasteiger partial charge >= 0.3 is 0 Å². The van der Waals surface area contributed by atoms with Crippen molar-refractivity contribution in [3.05, 3.63) is 59.4 Å². The second-order valence-corrected chi connectivity index (χ2v) is 5.68. The van der Waals surface area contributed by atoms with E-state index in [1.54, 1.807) is 18.3 Å². The molecular weight excluding hydrogens is 265 g/mol. The maximum atomic E-state index is 13.1. The Morgan fingerprint density at radius 1 is 1.14 bits per heavy atom. The highest BCUT2D eigenvalue weighted by Crippen LogP contribution is 2.28. The van der Waals surface area contributed by atoms with Gasteiger partial charge in [0, 0.05) is 18.2 Å². The molecule has 1 aromatic heterocycles. The van der Waals surface area contributed by atoms with Gasteiger partial charge in [0.1, 0.15) is 11.6 Å². The summed E-state index contributed by atoms with van der Waals surface area (Å²) in [6, 6.07) is 8.46. The molecule has 0 unspecified atom stereocenters. The van der Waals surface area contributed by atoms with Crippen molar-refractivity contribution < 1.29 is 4.39 Å². The Morgan fingerprint density at radius 2 is 1.86 bits per heavy atom. The Bertz CT molecular complexity index is 579. The van der Waals surface area contributed by atoms with E-state index in [0.29, 0.717) is 0 Å².